The largest absolute Gasteiger partial charge is 0.376 e. The molecule has 2 N–H and O–H groups in total. The van der Waals surface area contributed by atoms with Crippen molar-refractivity contribution in [3.05, 3.63) is 73.2 Å². The molecule has 0 fully saturated rings. The summed E-state index contributed by atoms with van der Waals surface area (Å²) in [5.41, 5.74) is 6.50. The molecule has 0 atom stereocenters. The highest BCUT2D eigenvalue weighted by Gasteiger charge is 2.18. The standard InChI is InChI=1S/C25H19FN8/c1-34(2)16-7-14(9-27-11-16)15-8-18-23(32-33-24(18)29-10-15)25-30-21-13-28-12-19(22(21)31-25)17-5-3-4-6-20(17)26/h3-13H,1-2H3,(H,30,31)(H,29,32,33). The molecule has 0 saturated heterocycles. The average molecular weight is 450 g/mol. The summed E-state index contributed by atoms with van der Waals surface area (Å²) >= 11 is 0. The van der Waals surface area contributed by atoms with Crippen LogP contribution in [-0.4, -0.2) is 49.2 Å². The lowest BCUT2D eigenvalue weighted by Crippen LogP contribution is -2.08. The predicted molar refractivity (Wildman–Crippen MR) is 130 cm³/mol. The van der Waals surface area contributed by atoms with Gasteiger partial charge in [0.15, 0.2) is 11.5 Å². The molecule has 8 nitrogen and oxygen atoms in total. The summed E-state index contributed by atoms with van der Waals surface area (Å²) in [6.07, 6.45) is 8.71. The van der Waals surface area contributed by atoms with Gasteiger partial charge in [-0.3, -0.25) is 15.1 Å². The van der Waals surface area contributed by atoms with Crippen LogP contribution in [0.25, 0.3) is 55.8 Å². The first-order chi connectivity index (χ1) is 16.6. The molecule has 0 unspecified atom stereocenters. The fourth-order valence-corrected chi connectivity index (χ4v) is 3.99. The number of imidazole rings is 1. The zero-order valence-electron chi connectivity index (χ0n) is 18.4. The molecular weight excluding hydrogens is 431 g/mol. The maximum absolute atomic E-state index is 14.5. The Hall–Kier alpha value is -4.66. The summed E-state index contributed by atoms with van der Waals surface area (Å²) in [5.74, 6) is 0.222. The quantitative estimate of drug-likeness (QED) is 0.399. The van der Waals surface area contributed by atoms with Gasteiger partial charge >= 0.3 is 0 Å². The van der Waals surface area contributed by atoms with Crippen molar-refractivity contribution in [3.8, 4) is 33.8 Å². The number of anilines is 1. The van der Waals surface area contributed by atoms with E-state index in [4.69, 9.17) is 4.98 Å². The van der Waals surface area contributed by atoms with Gasteiger partial charge in [0.1, 0.15) is 17.0 Å². The van der Waals surface area contributed by atoms with Gasteiger partial charge in [0.05, 0.1) is 29.0 Å². The number of nitrogens with one attached hydrogen (secondary N) is 2. The molecule has 166 valence electrons. The molecule has 0 bridgehead atoms. The summed E-state index contributed by atoms with van der Waals surface area (Å²) in [5, 5.41) is 8.25. The highest BCUT2D eigenvalue weighted by molar-refractivity contribution is 5.96. The van der Waals surface area contributed by atoms with Gasteiger partial charge in [-0.15, -0.1) is 0 Å². The van der Waals surface area contributed by atoms with Gasteiger partial charge in [0, 0.05) is 54.9 Å². The monoisotopic (exact) mass is 450 g/mol. The molecule has 0 aliphatic heterocycles. The van der Waals surface area contributed by atoms with Crippen molar-refractivity contribution in [1.82, 2.24) is 35.1 Å². The normalized spacial score (nSPS) is 11.4. The van der Waals surface area contributed by atoms with Gasteiger partial charge in [-0.1, -0.05) is 18.2 Å². The Morgan fingerprint density at radius 3 is 2.56 bits per heavy atom. The summed E-state index contributed by atoms with van der Waals surface area (Å²) in [6.45, 7) is 0. The third kappa shape index (κ3) is 3.25. The molecular formula is C25H19FN8. The summed E-state index contributed by atoms with van der Waals surface area (Å²) in [7, 11) is 3.95. The fourth-order valence-electron chi connectivity index (χ4n) is 3.99. The Bertz CT molecular complexity index is 1670. The van der Waals surface area contributed by atoms with Gasteiger partial charge in [-0.25, -0.2) is 14.4 Å². The Labute approximate surface area is 193 Å². The molecule has 5 aromatic heterocycles. The van der Waals surface area contributed by atoms with Gasteiger partial charge < -0.3 is 9.88 Å². The molecule has 0 spiro atoms. The maximum Gasteiger partial charge on any atom is 0.159 e. The third-order valence-corrected chi connectivity index (χ3v) is 5.77. The minimum Gasteiger partial charge on any atom is -0.376 e. The Kier molecular flexibility index (Phi) is 4.54. The fraction of sp³-hybridized carbons (Fsp3) is 0.0800. The van der Waals surface area contributed by atoms with E-state index in [1.54, 1.807) is 36.8 Å². The van der Waals surface area contributed by atoms with E-state index < -0.39 is 0 Å². The lowest BCUT2D eigenvalue weighted by molar-refractivity contribution is 0.631. The summed E-state index contributed by atoms with van der Waals surface area (Å²) < 4.78 is 14.5. The smallest absolute Gasteiger partial charge is 0.159 e. The molecule has 0 saturated carbocycles. The number of benzene rings is 1. The van der Waals surface area contributed by atoms with E-state index in [9.17, 15) is 4.39 Å². The summed E-state index contributed by atoms with van der Waals surface area (Å²) in [6, 6.07) is 10.7. The number of nitrogens with zero attached hydrogens (tertiary/aromatic N) is 6. The number of pyridine rings is 3. The molecule has 6 rings (SSSR count). The van der Waals surface area contributed by atoms with Gasteiger partial charge in [-0.05, 0) is 18.2 Å². The molecule has 0 aliphatic rings. The minimum absolute atomic E-state index is 0.325. The molecule has 5 heterocycles. The van der Waals surface area contributed by atoms with Crippen molar-refractivity contribution >= 4 is 27.8 Å². The molecule has 9 heteroatoms. The Morgan fingerprint density at radius 2 is 1.71 bits per heavy atom. The highest BCUT2D eigenvalue weighted by Crippen LogP contribution is 2.33. The van der Waals surface area contributed by atoms with E-state index in [2.05, 4.69) is 36.2 Å². The van der Waals surface area contributed by atoms with E-state index in [1.807, 2.05) is 37.5 Å². The minimum atomic E-state index is -0.325. The van der Waals surface area contributed by atoms with Crippen molar-refractivity contribution < 1.29 is 4.39 Å². The van der Waals surface area contributed by atoms with Crippen LogP contribution in [0.4, 0.5) is 10.1 Å². The maximum atomic E-state index is 14.5. The molecule has 0 amide bonds. The Balaban J connectivity index is 1.49. The van der Waals surface area contributed by atoms with Gasteiger partial charge in [-0.2, -0.15) is 5.10 Å². The van der Waals surface area contributed by atoms with E-state index in [-0.39, 0.29) is 5.82 Å². The van der Waals surface area contributed by atoms with Gasteiger partial charge in [0.25, 0.3) is 0 Å². The average Bonchev–Trinajstić information content (AvgIpc) is 3.48. The molecule has 0 aliphatic carbocycles. The van der Waals surface area contributed by atoms with Crippen molar-refractivity contribution in [1.29, 1.82) is 0 Å². The summed E-state index contributed by atoms with van der Waals surface area (Å²) in [4.78, 5) is 23.2. The molecule has 0 radical (unpaired) electrons. The first-order valence-electron chi connectivity index (χ1n) is 10.6. The molecule has 1 aromatic carbocycles. The van der Waals surface area contributed by atoms with Crippen LogP contribution in [0.2, 0.25) is 0 Å². The second kappa shape index (κ2) is 7.73. The number of rotatable bonds is 4. The predicted octanol–water partition coefficient (Wildman–Crippen LogP) is 4.83. The lowest BCUT2D eigenvalue weighted by atomic mass is 10.1. The van der Waals surface area contributed by atoms with Gasteiger partial charge in [0.2, 0.25) is 0 Å². The zero-order valence-corrected chi connectivity index (χ0v) is 18.4. The number of halogens is 1. The second-order valence-corrected chi connectivity index (χ2v) is 8.17. The number of aromatic nitrogens is 7. The van der Waals surface area contributed by atoms with Crippen LogP contribution in [0.15, 0.2) is 67.4 Å². The zero-order chi connectivity index (χ0) is 23.2. The van der Waals surface area contributed by atoms with Crippen LogP contribution in [0.1, 0.15) is 0 Å². The van der Waals surface area contributed by atoms with Crippen LogP contribution in [0.3, 0.4) is 0 Å². The number of H-pyrrole nitrogens is 2. The van der Waals surface area contributed by atoms with Crippen molar-refractivity contribution in [3.63, 3.8) is 0 Å². The van der Waals surface area contributed by atoms with Crippen LogP contribution < -0.4 is 4.90 Å². The Morgan fingerprint density at radius 1 is 0.882 bits per heavy atom. The first kappa shape index (κ1) is 20.0. The molecule has 6 aromatic rings. The van der Waals surface area contributed by atoms with E-state index >= 15 is 0 Å². The van der Waals surface area contributed by atoms with Crippen molar-refractivity contribution in [2.24, 2.45) is 0 Å². The van der Waals surface area contributed by atoms with Crippen LogP contribution in [-0.2, 0) is 0 Å². The van der Waals surface area contributed by atoms with E-state index in [0.717, 1.165) is 22.2 Å². The van der Waals surface area contributed by atoms with Crippen LogP contribution >= 0.6 is 0 Å². The van der Waals surface area contributed by atoms with Crippen molar-refractivity contribution in [2.75, 3.05) is 19.0 Å². The van der Waals surface area contributed by atoms with Crippen LogP contribution in [0, 0.1) is 5.82 Å². The SMILES string of the molecule is CN(C)c1cncc(-c2cnc3[nH]nc(-c4nc5c(-c6ccccc6F)cncc5[nH]4)c3c2)c1. The first-order valence-corrected chi connectivity index (χ1v) is 10.6. The topological polar surface area (TPSA) is 99.3 Å². The van der Waals surface area contributed by atoms with E-state index in [0.29, 0.717) is 39.3 Å². The van der Waals surface area contributed by atoms with Crippen molar-refractivity contribution in [2.45, 2.75) is 0 Å². The second-order valence-electron chi connectivity index (χ2n) is 8.17. The number of fused-ring (bicyclic) bond motifs is 2. The van der Waals surface area contributed by atoms with E-state index in [1.165, 1.54) is 6.07 Å². The number of hydrogen-bond donors (Lipinski definition) is 2. The molecule has 34 heavy (non-hydrogen) atoms. The third-order valence-electron chi connectivity index (χ3n) is 5.77. The van der Waals surface area contributed by atoms with Crippen LogP contribution in [0.5, 0.6) is 0 Å². The highest BCUT2D eigenvalue weighted by atomic mass is 19.1. The lowest BCUT2D eigenvalue weighted by Gasteiger charge is -2.12. The number of hydrogen-bond acceptors (Lipinski definition) is 6. The number of aromatic amines is 2.